The predicted octanol–water partition coefficient (Wildman–Crippen LogP) is 1.17. The zero-order chi connectivity index (χ0) is 14.2. The van der Waals surface area contributed by atoms with Gasteiger partial charge in [0, 0.05) is 6.61 Å². The quantitative estimate of drug-likeness (QED) is 0.825. The van der Waals surface area contributed by atoms with Crippen LogP contribution in [0.4, 0.5) is 13.2 Å². The minimum absolute atomic E-state index is 0.0294. The summed E-state index contributed by atoms with van der Waals surface area (Å²) in [6, 6.07) is -2.21. The molecule has 0 aliphatic carbocycles. The first-order valence-electron chi connectivity index (χ1n) is 6.06. The lowest BCUT2D eigenvalue weighted by molar-refractivity contribution is -0.192. The van der Waals surface area contributed by atoms with E-state index in [2.05, 4.69) is 0 Å². The standard InChI is InChI=1S/C11H14F3NO4/c12-11(13,14)10(18)15-6(8-2-1-5-19-8)3-4-7(15)9(16)17/h6-8H,1-5H2,(H,16,17). The Morgan fingerprint density at radius 2 is 1.89 bits per heavy atom. The van der Waals surface area contributed by atoms with Crippen LogP contribution in [-0.2, 0) is 14.3 Å². The van der Waals surface area contributed by atoms with Gasteiger partial charge in [0.2, 0.25) is 0 Å². The Morgan fingerprint density at radius 3 is 2.37 bits per heavy atom. The molecule has 0 radical (unpaired) electrons. The molecule has 1 amide bonds. The van der Waals surface area contributed by atoms with Crippen LogP contribution in [0.5, 0.6) is 0 Å². The molecule has 0 aromatic carbocycles. The number of hydrogen-bond acceptors (Lipinski definition) is 3. The maximum absolute atomic E-state index is 12.6. The molecule has 2 fully saturated rings. The van der Waals surface area contributed by atoms with Crippen LogP contribution in [0.3, 0.4) is 0 Å². The SMILES string of the molecule is O=C(O)C1CCC(C2CCCO2)N1C(=O)C(F)(F)F. The third kappa shape index (κ3) is 2.68. The Kier molecular flexibility index (Phi) is 3.71. The number of alkyl halides is 3. The van der Waals surface area contributed by atoms with Gasteiger partial charge in [-0.1, -0.05) is 0 Å². The number of carboxylic acids is 1. The van der Waals surface area contributed by atoms with E-state index in [0.29, 0.717) is 24.3 Å². The van der Waals surface area contributed by atoms with Crippen LogP contribution in [0.25, 0.3) is 0 Å². The van der Waals surface area contributed by atoms with Gasteiger partial charge in [-0.2, -0.15) is 13.2 Å². The molecule has 2 aliphatic heterocycles. The molecule has 0 aromatic rings. The monoisotopic (exact) mass is 281 g/mol. The van der Waals surface area contributed by atoms with Gasteiger partial charge in [0.1, 0.15) is 6.04 Å². The fourth-order valence-corrected chi connectivity index (χ4v) is 2.79. The van der Waals surface area contributed by atoms with Crippen molar-refractivity contribution >= 4 is 11.9 Å². The molecular weight excluding hydrogens is 267 g/mol. The summed E-state index contributed by atoms with van der Waals surface area (Å²) in [6.45, 7) is 0.437. The first kappa shape index (κ1) is 14.1. The summed E-state index contributed by atoms with van der Waals surface area (Å²) in [6.07, 6.45) is -4.03. The molecule has 0 spiro atoms. The summed E-state index contributed by atoms with van der Waals surface area (Å²) in [5.41, 5.74) is 0. The topological polar surface area (TPSA) is 66.8 Å². The van der Waals surface area contributed by atoms with Crippen molar-refractivity contribution in [3.8, 4) is 0 Å². The highest BCUT2D eigenvalue weighted by Gasteiger charge is 2.53. The largest absolute Gasteiger partial charge is 0.480 e. The van der Waals surface area contributed by atoms with Crippen molar-refractivity contribution in [2.45, 2.75) is 50.0 Å². The van der Waals surface area contributed by atoms with Crippen LogP contribution in [-0.4, -0.2) is 52.9 Å². The maximum atomic E-state index is 12.6. The van der Waals surface area contributed by atoms with Gasteiger partial charge in [-0.05, 0) is 25.7 Å². The van der Waals surface area contributed by atoms with Crippen molar-refractivity contribution < 1.29 is 32.6 Å². The van der Waals surface area contributed by atoms with E-state index in [1.165, 1.54) is 0 Å². The van der Waals surface area contributed by atoms with E-state index in [4.69, 9.17) is 9.84 Å². The van der Waals surface area contributed by atoms with Gasteiger partial charge >= 0.3 is 18.1 Å². The summed E-state index contributed by atoms with van der Waals surface area (Å²) in [5.74, 6) is -3.49. The van der Waals surface area contributed by atoms with Gasteiger partial charge in [0.15, 0.2) is 0 Å². The summed E-state index contributed by atoms with van der Waals surface area (Å²) in [4.78, 5) is 22.9. The number of hydrogen-bond donors (Lipinski definition) is 1. The second-order valence-electron chi connectivity index (χ2n) is 4.76. The third-order valence-electron chi connectivity index (χ3n) is 3.59. The Balaban J connectivity index is 2.23. The summed E-state index contributed by atoms with van der Waals surface area (Å²) in [5, 5.41) is 8.96. The smallest absolute Gasteiger partial charge is 0.471 e. The second-order valence-corrected chi connectivity index (χ2v) is 4.76. The molecule has 0 aromatic heterocycles. The fourth-order valence-electron chi connectivity index (χ4n) is 2.79. The number of amides is 1. The van der Waals surface area contributed by atoms with E-state index in [0.717, 1.165) is 0 Å². The fraction of sp³-hybridized carbons (Fsp3) is 0.818. The zero-order valence-corrected chi connectivity index (χ0v) is 10.0. The van der Waals surface area contributed by atoms with E-state index in [9.17, 15) is 22.8 Å². The Bertz CT molecular complexity index is 379. The van der Waals surface area contributed by atoms with Crippen LogP contribution in [0.15, 0.2) is 0 Å². The van der Waals surface area contributed by atoms with Crippen molar-refractivity contribution in [3.63, 3.8) is 0 Å². The first-order valence-corrected chi connectivity index (χ1v) is 6.06. The van der Waals surface area contributed by atoms with Crippen LogP contribution >= 0.6 is 0 Å². The van der Waals surface area contributed by atoms with Crippen LogP contribution in [0, 0.1) is 0 Å². The highest BCUT2D eigenvalue weighted by Crippen LogP contribution is 2.35. The van der Waals surface area contributed by atoms with Crippen molar-refractivity contribution in [2.24, 2.45) is 0 Å². The van der Waals surface area contributed by atoms with E-state index in [1.54, 1.807) is 0 Å². The Morgan fingerprint density at radius 1 is 1.21 bits per heavy atom. The van der Waals surface area contributed by atoms with E-state index in [-0.39, 0.29) is 12.8 Å². The van der Waals surface area contributed by atoms with E-state index < -0.39 is 36.2 Å². The lowest BCUT2D eigenvalue weighted by Gasteiger charge is -2.31. The number of likely N-dealkylation sites (tertiary alicyclic amines) is 1. The molecule has 0 bridgehead atoms. The minimum atomic E-state index is -5.06. The Hall–Kier alpha value is -1.31. The van der Waals surface area contributed by atoms with Crippen molar-refractivity contribution in [1.82, 2.24) is 4.90 Å². The molecule has 2 rings (SSSR count). The molecule has 1 N–H and O–H groups in total. The van der Waals surface area contributed by atoms with Gasteiger partial charge in [0.05, 0.1) is 12.1 Å². The second kappa shape index (κ2) is 4.99. The molecule has 2 heterocycles. The van der Waals surface area contributed by atoms with Crippen LogP contribution in [0.1, 0.15) is 25.7 Å². The third-order valence-corrected chi connectivity index (χ3v) is 3.59. The average Bonchev–Trinajstić information content (AvgIpc) is 2.94. The molecule has 2 aliphatic rings. The van der Waals surface area contributed by atoms with Gasteiger partial charge < -0.3 is 14.7 Å². The minimum Gasteiger partial charge on any atom is -0.480 e. The van der Waals surface area contributed by atoms with Crippen LogP contribution < -0.4 is 0 Å². The molecule has 0 saturated carbocycles. The lowest BCUT2D eigenvalue weighted by Crippen LogP contribution is -2.53. The Labute approximate surface area is 107 Å². The maximum Gasteiger partial charge on any atom is 0.471 e. The first-order chi connectivity index (χ1) is 8.82. The summed E-state index contributed by atoms with van der Waals surface area (Å²) < 4.78 is 43.0. The average molecular weight is 281 g/mol. The van der Waals surface area contributed by atoms with E-state index in [1.807, 2.05) is 0 Å². The van der Waals surface area contributed by atoms with E-state index >= 15 is 0 Å². The lowest BCUT2D eigenvalue weighted by atomic mass is 10.1. The summed E-state index contributed by atoms with van der Waals surface area (Å²) >= 11 is 0. The number of rotatable bonds is 2. The zero-order valence-electron chi connectivity index (χ0n) is 10.0. The van der Waals surface area contributed by atoms with Crippen LogP contribution in [0.2, 0.25) is 0 Å². The van der Waals surface area contributed by atoms with Gasteiger partial charge in [-0.15, -0.1) is 0 Å². The molecule has 3 unspecified atom stereocenters. The number of carboxylic acid groups (broad SMARTS) is 1. The molecule has 19 heavy (non-hydrogen) atoms. The highest BCUT2D eigenvalue weighted by molar-refractivity contribution is 5.88. The van der Waals surface area contributed by atoms with Gasteiger partial charge in [0.25, 0.3) is 0 Å². The van der Waals surface area contributed by atoms with Crippen molar-refractivity contribution in [2.75, 3.05) is 6.61 Å². The number of nitrogens with zero attached hydrogens (tertiary/aromatic N) is 1. The van der Waals surface area contributed by atoms with Gasteiger partial charge in [-0.3, -0.25) is 4.79 Å². The molecule has 108 valence electrons. The summed E-state index contributed by atoms with van der Waals surface area (Å²) in [7, 11) is 0. The predicted molar refractivity (Wildman–Crippen MR) is 56.3 cm³/mol. The molecule has 3 atom stereocenters. The number of carbonyl (C=O) groups excluding carboxylic acids is 1. The van der Waals surface area contributed by atoms with Gasteiger partial charge in [-0.25, -0.2) is 4.79 Å². The molecule has 8 heteroatoms. The molecule has 2 saturated heterocycles. The van der Waals surface area contributed by atoms with Crippen molar-refractivity contribution in [3.05, 3.63) is 0 Å². The number of halogens is 3. The number of carbonyl (C=O) groups is 2. The molecular formula is C11H14F3NO4. The number of aliphatic carboxylic acids is 1. The van der Waals surface area contributed by atoms with Crippen molar-refractivity contribution in [1.29, 1.82) is 0 Å². The highest BCUT2D eigenvalue weighted by atomic mass is 19.4. The normalized spacial score (nSPS) is 31.7. The number of ether oxygens (including phenoxy) is 1. The molecule has 5 nitrogen and oxygen atoms in total.